The van der Waals surface area contributed by atoms with E-state index in [1.807, 2.05) is 25.8 Å². The number of hydrogen-bond acceptors (Lipinski definition) is 4. The predicted molar refractivity (Wildman–Crippen MR) is 66.0 cm³/mol. The molecule has 0 bridgehead atoms. The standard InChI is InChI=1S/C12H18N2O3/c1-9-4-5-11(14(16)17)8-12(9)10(2)13(3)6-7-15/h4-5,8,10,15H,6-7H2,1-3H3. The summed E-state index contributed by atoms with van der Waals surface area (Å²) in [5.41, 5.74) is 2.05. The van der Waals surface area contributed by atoms with E-state index in [0.717, 1.165) is 11.1 Å². The molecular weight excluding hydrogens is 220 g/mol. The van der Waals surface area contributed by atoms with Crippen LogP contribution in [0.25, 0.3) is 0 Å². The number of aliphatic hydroxyl groups is 1. The Balaban J connectivity index is 3.03. The molecule has 0 saturated heterocycles. The summed E-state index contributed by atoms with van der Waals surface area (Å²) in [5, 5.41) is 19.6. The quantitative estimate of drug-likeness (QED) is 0.628. The number of nitro groups is 1. The average molecular weight is 238 g/mol. The van der Waals surface area contributed by atoms with Crippen molar-refractivity contribution in [2.24, 2.45) is 0 Å². The fourth-order valence-corrected chi connectivity index (χ4v) is 1.78. The van der Waals surface area contributed by atoms with Crippen molar-refractivity contribution < 1.29 is 10.0 Å². The van der Waals surface area contributed by atoms with Crippen molar-refractivity contribution in [3.63, 3.8) is 0 Å². The molecular formula is C12H18N2O3. The van der Waals surface area contributed by atoms with Gasteiger partial charge < -0.3 is 5.11 Å². The number of aryl methyl sites for hydroxylation is 1. The topological polar surface area (TPSA) is 66.6 Å². The third-order valence-electron chi connectivity index (χ3n) is 3.04. The van der Waals surface area contributed by atoms with E-state index in [-0.39, 0.29) is 23.3 Å². The van der Waals surface area contributed by atoms with Crippen LogP contribution in [0.4, 0.5) is 5.69 Å². The van der Waals surface area contributed by atoms with Gasteiger partial charge in [-0.3, -0.25) is 15.0 Å². The zero-order valence-corrected chi connectivity index (χ0v) is 10.4. The van der Waals surface area contributed by atoms with Crippen molar-refractivity contribution in [3.05, 3.63) is 39.4 Å². The molecule has 0 saturated carbocycles. The van der Waals surface area contributed by atoms with Gasteiger partial charge >= 0.3 is 0 Å². The fraction of sp³-hybridized carbons (Fsp3) is 0.500. The smallest absolute Gasteiger partial charge is 0.269 e. The monoisotopic (exact) mass is 238 g/mol. The highest BCUT2D eigenvalue weighted by molar-refractivity contribution is 5.40. The zero-order valence-electron chi connectivity index (χ0n) is 10.4. The lowest BCUT2D eigenvalue weighted by atomic mass is 10.0. The number of aliphatic hydroxyl groups excluding tert-OH is 1. The summed E-state index contributed by atoms with van der Waals surface area (Å²) in [6.07, 6.45) is 0. The molecule has 0 amide bonds. The maximum atomic E-state index is 10.7. The van der Waals surface area contributed by atoms with Crippen molar-refractivity contribution in [1.29, 1.82) is 0 Å². The molecule has 0 aliphatic heterocycles. The summed E-state index contributed by atoms with van der Waals surface area (Å²) in [6, 6.07) is 4.92. The number of nitrogens with zero attached hydrogens (tertiary/aromatic N) is 2. The minimum Gasteiger partial charge on any atom is -0.395 e. The Morgan fingerprint density at radius 1 is 1.53 bits per heavy atom. The molecule has 0 spiro atoms. The summed E-state index contributed by atoms with van der Waals surface area (Å²) in [5.74, 6) is 0. The summed E-state index contributed by atoms with van der Waals surface area (Å²) in [6.45, 7) is 4.53. The van der Waals surface area contributed by atoms with Crippen LogP contribution in [0.2, 0.25) is 0 Å². The number of nitro benzene ring substituents is 1. The predicted octanol–water partition coefficient (Wildman–Crippen LogP) is 1.89. The second-order valence-corrected chi connectivity index (χ2v) is 4.18. The largest absolute Gasteiger partial charge is 0.395 e. The lowest BCUT2D eigenvalue weighted by molar-refractivity contribution is -0.385. The summed E-state index contributed by atoms with van der Waals surface area (Å²) >= 11 is 0. The van der Waals surface area contributed by atoms with Gasteiger partial charge in [-0.2, -0.15) is 0 Å². The van der Waals surface area contributed by atoms with Gasteiger partial charge in [-0.15, -0.1) is 0 Å². The first-order chi connectivity index (χ1) is 7.97. The molecule has 0 heterocycles. The van der Waals surface area contributed by atoms with Gasteiger partial charge in [0.2, 0.25) is 0 Å². The third kappa shape index (κ3) is 3.25. The molecule has 0 radical (unpaired) electrons. The molecule has 5 heteroatoms. The van der Waals surface area contributed by atoms with Crippen LogP contribution >= 0.6 is 0 Å². The van der Waals surface area contributed by atoms with Gasteiger partial charge in [-0.05, 0) is 32.0 Å². The van der Waals surface area contributed by atoms with Crippen molar-refractivity contribution in [2.75, 3.05) is 20.2 Å². The highest BCUT2D eigenvalue weighted by Crippen LogP contribution is 2.26. The Morgan fingerprint density at radius 3 is 2.71 bits per heavy atom. The van der Waals surface area contributed by atoms with Gasteiger partial charge in [-0.25, -0.2) is 0 Å². The fourth-order valence-electron chi connectivity index (χ4n) is 1.78. The molecule has 0 fully saturated rings. The number of hydrogen-bond donors (Lipinski definition) is 1. The van der Waals surface area contributed by atoms with Crippen LogP contribution in [0.3, 0.4) is 0 Å². The van der Waals surface area contributed by atoms with Gasteiger partial charge in [-0.1, -0.05) is 6.07 Å². The van der Waals surface area contributed by atoms with Crippen LogP contribution < -0.4 is 0 Å². The van der Waals surface area contributed by atoms with Crippen LogP contribution in [0, 0.1) is 17.0 Å². The van der Waals surface area contributed by atoms with Crippen LogP contribution in [-0.2, 0) is 0 Å². The van der Waals surface area contributed by atoms with E-state index in [0.29, 0.717) is 6.54 Å². The van der Waals surface area contributed by atoms with E-state index in [1.165, 1.54) is 6.07 Å². The van der Waals surface area contributed by atoms with Crippen LogP contribution in [-0.4, -0.2) is 35.1 Å². The average Bonchev–Trinajstić information content (AvgIpc) is 2.28. The molecule has 17 heavy (non-hydrogen) atoms. The summed E-state index contributed by atoms with van der Waals surface area (Å²) in [4.78, 5) is 12.3. The highest BCUT2D eigenvalue weighted by atomic mass is 16.6. The first kappa shape index (κ1) is 13.6. The molecule has 1 unspecified atom stereocenters. The number of benzene rings is 1. The lowest BCUT2D eigenvalue weighted by Crippen LogP contribution is -2.26. The van der Waals surface area contributed by atoms with Gasteiger partial charge in [0, 0.05) is 24.7 Å². The molecule has 1 N–H and O–H groups in total. The minimum absolute atomic E-state index is 0.0436. The molecule has 5 nitrogen and oxygen atoms in total. The number of rotatable bonds is 5. The van der Waals surface area contributed by atoms with Gasteiger partial charge in [0.15, 0.2) is 0 Å². The van der Waals surface area contributed by atoms with Crippen molar-refractivity contribution in [3.8, 4) is 0 Å². The Bertz CT molecular complexity index is 407. The van der Waals surface area contributed by atoms with Crippen LogP contribution in [0.15, 0.2) is 18.2 Å². The minimum atomic E-state index is -0.387. The van der Waals surface area contributed by atoms with Crippen LogP contribution in [0.1, 0.15) is 24.1 Å². The van der Waals surface area contributed by atoms with Gasteiger partial charge in [0.05, 0.1) is 11.5 Å². The zero-order chi connectivity index (χ0) is 13.0. The van der Waals surface area contributed by atoms with Crippen LogP contribution in [0.5, 0.6) is 0 Å². The molecule has 94 valence electrons. The van der Waals surface area contributed by atoms with Crippen molar-refractivity contribution >= 4 is 5.69 Å². The van der Waals surface area contributed by atoms with E-state index in [9.17, 15) is 10.1 Å². The Hall–Kier alpha value is -1.46. The second-order valence-electron chi connectivity index (χ2n) is 4.18. The Labute approximate surface area is 101 Å². The third-order valence-corrected chi connectivity index (χ3v) is 3.04. The van der Waals surface area contributed by atoms with E-state index >= 15 is 0 Å². The van der Waals surface area contributed by atoms with E-state index in [1.54, 1.807) is 12.1 Å². The molecule has 0 aliphatic rings. The summed E-state index contributed by atoms with van der Waals surface area (Å²) < 4.78 is 0. The molecule has 0 aromatic heterocycles. The lowest BCUT2D eigenvalue weighted by Gasteiger charge is -2.25. The Kier molecular flexibility index (Phi) is 4.60. The van der Waals surface area contributed by atoms with Crippen molar-refractivity contribution in [1.82, 2.24) is 4.90 Å². The molecule has 0 aliphatic carbocycles. The summed E-state index contributed by atoms with van der Waals surface area (Å²) in [7, 11) is 1.89. The normalized spacial score (nSPS) is 12.8. The van der Waals surface area contributed by atoms with E-state index in [4.69, 9.17) is 5.11 Å². The highest BCUT2D eigenvalue weighted by Gasteiger charge is 2.16. The van der Waals surface area contributed by atoms with Gasteiger partial charge in [0.1, 0.15) is 0 Å². The molecule has 1 aromatic rings. The molecule has 1 rings (SSSR count). The maximum Gasteiger partial charge on any atom is 0.269 e. The maximum absolute atomic E-state index is 10.7. The van der Waals surface area contributed by atoms with E-state index < -0.39 is 0 Å². The van der Waals surface area contributed by atoms with Crippen molar-refractivity contribution in [2.45, 2.75) is 19.9 Å². The molecule has 1 atom stereocenters. The van der Waals surface area contributed by atoms with Gasteiger partial charge in [0.25, 0.3) is 5.69 Å². The number of non-ortho nitro benzene ring substituents is 1. The Morgan fingerprint density at radius 2 is 2.18 bits per heavy atom. The first-order valence-electron chi connectivity index (χ1n) is 5.53. The SMILES string of the molecule is Cc1ccc([N+](=O)[O-])cc1C(C)N(C)CCO. The van der Waals surface area contributed by atoms with E-state index in [2.05, 4.69) is 0 Å². The number of likely N-dealkylation sites (N-methyl/N-ethyl adjacent to an activating group) is 1. The molecule has 1 aromatic carbocycles. The second kappa shape index (κ2) is 5.75. The first-order valence-corrected chi connectivity index (χ1v) is 5.53.